The molecule has 0 radical (unpaired) electrons. The third kappa shape index (κ3) is 1.94. The van der Waals surface area contributed by atoms with Gasteiger partial charge >= 0.3 is 13.4 Å². The largest absolute Gasteiger partial charge is 0.535 e. The predicted octanol–water partition coefficient (Wildman–Crippen LogP) is -0.174. The van der Waals surface area contributed by atoms with Crippen LogP contribution in [0.5, 0.6) is 5.75 Å². The van der Waals surface area contributed by atoms with Gasteiger partial charge in [0.25, 0.3) is 0 Å². The van der Waals surface area contributed by atoms with Crippen molar-refractivity contribution in [1.82, 2.24) is 0 Å². The first-order valence-electron chi connectivity index (χ1n) is 4.18. The molecule has 1 heterocycles. The van der Waals surface area contributed by atoms with Gasteiger partial charge in [0.1, 0.15) is 5.75 Å². The van der Waals surface area contributed by atoms with Crippen LogP contribution in [-0.4, -0.2) is 23.5 Å². The molecule has 1 aliphatic rings. The topological polar surface area (TPSA) is 58.9 Å². The second-order valence-corrected chi connectivity index (χ2v) is 3.05. The Morgan fingerprint density at radius 2 is 2.07 bits per heavy atom. The van der Waals surface area contributed by atoms with Crippen LogP contribution in [0, 0.1) is 0 Å². The van der Waals surface area contributed by atoms with Gasteiger partial charge < -0.3 is 14.8 Å². The van der Waals surface area contributed by atoms with Gasteiger partial charge in [-0.05, 0) is 11.5 Å². The van der Waals surface area contributed by atoms with Crippen molar-refractivity contribution in [3.05, 3.63) is 23.8 Å². The maximum Gasteiger partial charge on any atom is 0.535 e. The number of rotatable bonds is 1. The monoisotopic (exact) mass is 216 g/mol. The Kier molecular flexibility index (Phi) is 2.37. The molecule has 1 aromatic rings. The Hall–Kier alpha value is -1.18. The smallest absolute Gasteiger partial charge is 0.423 e. The van der Waals surface area contributed by atoms with Gasteiger partial charge in [0.2, 0.25) is 0 Å². The number of halogens is 2. The Balaban J connectivity index is 2.42. The third-order valence-electron chi connectivity index (χ3n) is 2.06. The number of ether oxygens (including phenoxy) is 2. The molecule has 0 aliphatic carbocycles. The Bertz CT molecular complexity index is 383. The van der Waals surface area contributed by atoms with Gasteiger partial charge in [0.15, 0.2) is 0 Å². The molecule has 0 bridgehead atoms. The lowest BCUT2D eigenvalue weighted by Gasteiger charge is -2.26. The number of hydrogen-bond donors (Lipinski definition) is 2. The van der Waals surface area contributed by atoms with Gasteiger partial charge in [0, 0.05) is 5.56 Å². The van der Waals surface area contributed by atoms with Crippen LogP contribution in [0.2, 0.25) is 0 Å². The van der Waals surface area contributed by atoms with Crippen molar-refractivity contribution in [3.8, 4) is 5.75 Å². The van der Waals surface area contributed by atoms with E-state index in [4.69, 9.17) is 10.0 Å². The van der Waals surface area contributed by atoms with E-state index < -0.39 is 20.0 Å². The summed E-state index contributed by atoms with van der Waals surface area (Å²) in [7, 11) is -1.74. The number of benzene rings is 1. The lowest BCUT2D eigenvalue weighted by molar-refractivity contribution is -0.367. The Morgan fingerprint density at radius 3 is 2.73 bits per heavy atom. The van der Waals surface area contributed by atoms with Crippen LogP contribution >= 0.6 is 0 Å². The minimum absolute atomic E-state index is 0.100. The highest BCUT2D eigenvalue weighted by Gasteiger charge is 2.39. The summed E-state index contributed by atoms with van der Waals surface area (Å²) < 4.78 is 33.6. The number of alkyl halides is 2. The van der Waals surface area contributed by atoms with E-state index >= 15 is 0 Å². The SMILES string of the molecule is OB(O)c1cccc2c1COC(F)(F)O2. The van der Waals surface area contributed by atoms with Crippen LogP contribution in [0.25, 0.3) is 0 Å². The zero-order chi connectivity index (χ0) is 11.1. The second kappa shape index (κ2) is 3.44. The van der Waals surface area contributed by atoms with Gasteiger partial charge in [-0.1, -0.05) is 12.1 Å². The molecule has 0 fully saturated rings. The fourth-order valence-electron chi connectivity index (χ4n) is 1.39. The van der Waals surface area contributed by atoms with Gasteiger partial charge in [-0.15, -0.1) is 8.78 Å². The van der Waals surface area contributed by atoms with Crippen molar-refractivity contribution >= 4 is 12.6 Å². The lowest BCUT2D eigenvalue weighted by Crippen LogP contribution is -2.39. The molecule has 2 N–H and O–H groups in total. The molecule has 0 amide bonds. The van der Waals surface area contributed by atoms with E-state index in [0.717, 1.165) is 0 Å². The third-order valence-corrected chi connectivity index (χ3v) is 2.06. The van der Waals surface area contributed by atoms with Crippen LogP contribution in [-0.2, 0) is 11.3 Å². The minimum Gasteiger partial charge on any atom is -0.423 e. The zero-order valence-electron chi connectivity index (χ0n) is 7.48. The summed E-state index contributed by atoms with van der Waals surface area (Å²) in [5.41, 5.74) is 0.321. The molecule has 1 aromatic carbocycles. The summed E-state index contributed by atoms with van der Waals surface area (Å²) in [5.74, 6) is -0.100. The molecule has 0 atom stereocenters. The molecule has 0 saturated heterocycles. The van der Waals surface area contributed by atoms with E-state index in [1.165, 1.54) is 18.2 Å². The van der Waals surface area contributed by atoms with Crippen molar-refractivity contribution in [3.63, 3.8) is 0 Å². The zero-order valence-corrected chi connectivity index (χ0v) is 7.48. The molecule has 0 saturated carbocycles. The molecule has 15 heavy (non-hydrogen) atoms. The summed E-state index contributed by atoms with van der Waals surface area (Å²) in [6.07, 6.45) is -3.66. The van der Waals surface area contributed by atoms with Crippen LogP contribution in [0.4, 0.5) is 8.78 Å². The fourth-order valence-corrected chi connectivity index (χ4v) is 1.39. The molecular formula is C8H7BF2O4. The molecule has 80 valence electrons. The fraction of sp³-hybridized carbons (Fsp3) is 0.250. The highest BCUT2D eigenvalue weighted by atomic mass is 19.3. The van der Waals surface area contributed by atoms with E-state index in [2.05, 4.69) is 9.47 Å². The molecule has 1 aliphatic heterocycles. The maximum atomic E-state index is 12.6. The van der Waals surface area contributed by atoms with Crippen LogP contribution in [0.15, 0.2) is 18.2 Å². The standard InChI is InChI=1S/C8H7BF2O4/c10-8(11)14-4-5-6(9(12)13)2-1-3-7(5)15-8/h1-3,12-13H,4H2. The van der Waals surface area contributed by atoms with E-state index in [-0.39, 0.29) is 16.8 Å². The molecular weight excluding hydrogens is 209 g/mol. The molecule has 7 heteroatoms. The van der Waals surface area contributed by atoms with Gasteiger partial charge in [-0.25, -0.2) is 0 Å². The van der Waals surface area contributed by atoms with Crippen LogP contribution < -0.4 is 10.2 Å². The van der Waals surface area contributed by atoms with E-state index in [1.54, 1.807) is 0 Å². The second-order valence-electron chi connectivity index (χ2n) is 3.05. The summed E-state index contributed by atoms with van der Waals surface area (Å²) in [6, 6.07) is 4.12. The quantitative estimate of drug-likeness (QED) is 0.639. The van der Waals surface area contributed by atoms with Crippen molar-refractivity contribution in [2.75, 3.05) is 0 Å². The highest BCUT2D eigenvalue weighted by Crippen LogP contribution is 2.31. The predicted molar refractivity (Wildman–Crippen MR) is 46.6 cm³/mol. The normalized spacial score (nSPS) is 17.9. The van der Waals surface area contributed by atoms with Crippen molar-refractivity contribution in [2.45, 2.75) is 12.9 Å². The number of hydrogen-bond acceptors (Lipinski definition) is 4. The maximum absolute atomic E-state index is 12.6. The van der Waals surface area contributed by atoms with E-state index in [0.29, 0.717) is 0 Å². The van der Waals surface area contributed by atoms with Crippen molar-refractivity contribution < 1.29 is 28.3 Å². The van der Waals surface area contributed by atoms with Crippen molar-refractivity contribution in [2.24, 2.45) is 0 Å². The van der Waals surface area contributed by atoms with Gasteiger partial charge in [-0.2, -0.15) is 0 Å². The summed E-state index contributed by atoms with van der Waals surface area (Å²) >= 11 is 0. The number of fused-ring (bicyclic) bond motifs is 1. The summed E-state index contributed by atoms with van der Waals surface area (Å²) in [4.78, 5) is 0. The molecule has 2 rings (SSSR count). The molecule has 0 unspecified atom stereocenters. The Labute approximate surface area is 84.2 Å². The average molecular weight is 216 g/mol. The highest BCUT2D eigenvalue weighted by molar-refractivity contribution is 6.59. The summed E-state index contributed by atoms with van der Waals surface area (Å²) in [5, 5.41) is 17.9. The Morgan fingerprint density at radius 1 is 1.33 bits per heavy atom. The van der Waals surface area contributed by atoms with Crippen LogP contribution in [0.1, 0.15) is 5.56 Å². The van der Waals surface area contributed by atoms with Gasteiger partial charge in [0.05, 0.1) is 6.61 Å². The minimum atomic E-state index is -3.66. The van der Waals surface area contributed by atoms with E-state index in [9.17, 15) is 8.78 Å². The molecule has 4 nitrogen and oxygen atoms in total. The lowest BCUT2D eigenvalue weighted by atomic mass is 9.77. The van der Waals surface area contributed by atoms with Crippen molar-refractivity contribution in [1.29, 1.82) is 0 Å². The molecule has 0 spiro atoms. The first kappa shape index (κ1) is 10.3. The van der Waals surface area contributed by atoms with E-state index in [1.807, 2.05) is 0 Å². The summed E-state index contributed by atoms with van der Waals surface area (Å²) in [6.45, 7) is -0.421. The first-order valence-corrected chi connectivity index (χ1v) is 4.18. The average Bonchev–Trinajstić information content (AvgIpc) is 2.14. The van der Waals surface area contributed by atoms with Crippen LogP contribution in [0.3, 0.4) is 0 Å². The van der Waals surface area contributed by atoms with Gasteiger partial charge in [-0.3, -0.25) is 4.74 Å². The molecule has 0 aromatic heterocycles. The first-order chi connectivity index (χ1) is 6.99.